The van der Waals surface area contributed by atoms with Crippen molar-refractivity contribution in [2.24, 2.45) is 0 Å². The van der Waals surface area contributed by atoms with E-state index in [2.05, 4.69) is 10.1 Å². The lowest BCUT2D eigenvalue weighted by Crippen LogP contribution is -2.35. The molecule has 0 aliphatic carbocycles. The number of nitriles is 1. The molecule has 2 heterocycles. The van der Waals surface area contributed by atoms with E-state index in [1.54, 1.807) is 31.7 Å². The van der Waals surface area contributed by atoms with Crippen LogP contribution in [-0.2, 0) is 16.2 Å². The largest absolute Gasteiger partial charge is 0.598 e. The Hall–Kier alpha value is -2.12. The summed E-state index contributed by atoms with van der Waals surface area (Å²) < 4.78 is 14.5. The third kappa shape index (κ3) is 4.93. The molecule has 2 aromatic rings. The standard InChI is InChI=1S/C15H17ClN6O2S/c1-20(14(23)5-8-21(9-6-17)25(2)24)13-11-22(19-15(13)16)12-4-3-7-18-10-12/h3-4,7,10-11H,5,8-9H2,1-2H3. The Balaban J connectivity index is 2.07. The van der Waals surface area contributed by atoms with Gasteiger partial charge in [-0.1, -0.05) is 11.6 Å². The number of anilines is 1. The van der Waals surface area contributed by atoms with Gasteiger partial charge >= 0.3 is 0 Å². The monoisotopic (exact) mass is 380 g/mol. The van der Waals surface area contributed by atoms with Crippen LogP contribution in [0.5, 0.6) is 0 Å². The number of amides is 1. The highest BCUT2D eigenvalue weighted by atomic mass is 35.5. The molecular formula is C15H17ClN6O2S. The third-order valence-electron chi connectivity index (χ3n) is 3.48. The van der Waals surface area contributed by atoms with Gasteiger partial charge in [0.15, 0.2) is 5.15 Å². The van der Waals surface area contributed by atoms with Crippen LogP contribution in [0.2, 0.25) is 5.15 Å². The van der Waals surface area contributed by atoms with Crippen LogP contribution >= 0.6 is 11.6 Å². The van der Waals surface area contributed by atoms with E-state index in [4.69, 9.17) is 16.9 Å². The van der Waals surface area contributed by atoms with Gasteiger partial charge in [-0.05, 0) is 12.1 Å². The van der Waals surface area contributed by atoms with E-state index in [9.17, 15) is 9.35 Å². The van der Waals surface area contributed by atoms with Crippen molar-refractivity contribution in [2.75, 3.05) is 31.3 Å². The fourth-order valence-corrected chi connectivity index (χ4v) is 2.94. The summed E-state index contributed by atoms with van der Waals surface area (Å²) in [6.45, 7) is 0.216. The van der Waals surface area contributed by atoms with Gasteiger partial charge in [0, 0.05) is 31.0 Å². The van der Waals surface area contributed by atoms with Crippen LogP contribution in [0.4, 0.5) is 5.69 Å². The second-order valence-electron chi connectivity index (χ2n) is 5.11. The minimum atomic E-state index is -1.31. The first kappa shape index (κ1) is 19.2. The van der Waals surface area contributed by atoms with Crippen LogP contribution in [0.3, 0.4) is 0 Å². The average Bonchev–Trinajstić information content (AvgIpc) is 3.00. The number of carbonyl (C=O) groups is 1. The highest BCUT2D eigenvalue weighted by molar-refractivity contribution is 7.88. The molecule has 1 unspecified atom stereocenters. The Morgan fingerprint density at radius 1 is 1.56 bits per heavy atom. The maximum atomic E-state index is 12.4. The summed E-state index contributed by atoms with van der Waals surface area (Å²) in [4.78, 5) is 17.8. The first-order valence-electron chi connectivity index (χ1n) is 7.31. The van der Waals surface area contributed by atoms with Gasteiger partial charge < -0.3 is 9.45 Å². The van der Waals surface area contributed by atoms with Gasteiger partial charge in [-0.25, -0.2) is 4.68 Å². The summed E-state index contributed by atoms with van der Waals surface area (Å²) in [6.07, 6.45) is 6.50. The summed E-state index contributed by atoms with van der Waals surface area (Å²) in [5, 5.41) is 13.1. The maximum Gasteiger partial charge on any atom is 0.228 e. The van der Waals surface area contributed by atoms with Crippen LogP contribution in [0, 0.1) is 11.3 Å². The second kappa shape index (κ2) is 8.82. The van der Waals surface area contributed by atoms with Gasteiger partial charge in [0.1, 0.15) is 18.5 Å². The van der Waals surface area contributed by atoms with E-state index in [1.807, 2.05) is 12.1 Å². The first-order valence-corrected chi connectivity index (χ1v) is 9.21. The van der Waals surface area contributed by atoms with Crippen molar-refractivity contribution in [1.29, 1.82) is 5.26 Å². The van der Waals surface area contributed by atoms with E-state index >= 15 is 0 Å². The molecule has 0 N–H and O–H groups in total. The van der Waals surface area contributed by atoms with Gasteiger partial charge in [-0.2, -0.15) is 10.4 Å². The van der Waals surface area contributed by atoms with Crippen molar-refractivity contribution in [1.82, 2.24) is 19.1 Å². The van der Waals surface area contributed by atoms with E-state index in [0.717, 1.165) is 5.69 Å². The van der Waals surface area contributed by atoms with Crippen molar-refractivity contribution in [3.05, 3.63) is 35.9 Å². The summed E-state index contributed by atoms with van der Waals surface area (Å²) in [7, 11) is 1.59. The number of aromatic nitrogens is 3. The molecule has 1 atom stereocenters. The molecule has 0 aliphatic heterocycles. The van der Waals surface area contributed by atoms with Crippen molar-refractivity contribution >= 4 is 34.6 Å². The zero-order valence-electron chi connectivity index (χ0n) is 13.8. The first-order chi connectivity index (χ1) is 11.9. The topological polar surface area (TPSA) is 101 Å². The van der Waals surface area contributed by atoms with Gasteiger partial charge in [0.25, 0.3) is 0 Å². The van der Waals surface area contributed by atoms with E-state index in [0.29, 0.717) is 5.69 Å². The summed E-state index contributed by atoms with van der Waals surface area (Å²) in [5.74, 6) is -0.221. The summed E-state index contributed by atoms with van der Waals surface area (Å²) >= 11 is 4.84. The van der Waals surface area contributed by atoms with Gasteiger partial charge in [-0.15, -0.1) is 4.31 Å². The van der Waals surface area contributed by atoms with Crippen LogP contribution in [0.15, 0.2) is 30.7 Å². The van der Waals surface area contributed by atoms with E-state index < -0.39 is 11.4 Å². The molecule has 10 heteroatoms. The number of hydrogen-bond donors (Lipinski definition) is 0. The number of carbonyl (C=O) groups excluding carboxylic acids is 1. The van der Waals surface area contributed by atoms with Gasteiger partial charge in [0.2, 0.25) is 5.91 Å². The zero-order valence-corrected chi connectivity index (χ0v) is 15.4. The molecule has 0 spiro atoms. The number of rotatable bonds is 7. The van der Waals surface area contributed by atoms with Crippen LogP contribution < -0.4 is 4.90 Å². The Labute approximate surface area is 153 Å². The number of hydrogen-bond acceptors (Lipinski definition) is 6. The Morgan fingerprint density at radius 3 is 2.92 bits per heavy atom. The van der Waals surface area contributed by atoms with Gasteiger partial charge in [-0.3, -0.25) is 9.78 Å². The fourth-order valence-electron chi connectivity index (χ4n) is 2.09. The Bertz CT molecular complexity index is 761. The Kier molecular flexibility index (Phi) is 6.78. The molecule has 132 valence electrons. The molecule has 0 bridgehead atoms. The third-order valence-corrected chi connectivity index (χ3v) is 4.79. The summed E-state index contributed by atoms with van der Waals surface area (Å²) in [6, 6.07) is 5.52. The van der Waals surface area contributed by atoms with Gasteiger partial charge in [0.05, 0.1) is 30.7 Å². The molecule has 0 aliphatic rings. The molecule has 0 saturated carbocycles. The Morgan fingerprint density at radius 2 is 2.32 bits per heavy atom. The molecule has 0 saturated heterocycles. The molecule has 0 radical (unpaired) electrons. The second-order valence-corrected chi connectivity index (χ2v) is 6.83. The highest BCUT2D eigenvalue weighted by Crippen LogP contribution is 2.25. The smallest absolute Gasteiger partial charge is 0.228 e. The summed E-state index contributed by atoms with van der Waals surface area (Å²) in [5.41, 5.74) is 1.18. The van der Waals surface area contributed by atoms with Crippen LogP contribution in [0.1, 0.15) is 6.42 Å². The predicted octanol–water partition coefficient (Wildman–Crippen LogP) is 1.39. The van der Waals surface area contributed by atoms with Crippen LogP contribution in [-0.4, -0.2) is 55.9 Å². The van der Waals surface area contributed by atoms with E-state index in [1.165, 1.54) is 20.1 Å². The SMILES string of the molecule is CN(C(=O)CCN(CC#N)[S+](C)[O-])c1cn(-c2cccnc2)nc1Cl. The molecule has 8 nitrogen and oxygen atoms in total. The molecule has 2 aromatic heterocycles. The lowest BCUT2D eigenvalue weighted by atomic mass is 10.3. The molecule has 2 rings (SSSR count). The quantitative estimate of drug-likeness (QED) is 0.531. The van der Waals surface area contributed by atoms with Crippen molar-refractivity contribution in [3.63, 3.8) is 0 Å². The maximum absolute atomic E-state index is 12.4. The number of nitrogens with zero attached hydrogens (tertiary/aromatic N) is 6. The normalized spacial score (nSPS) is 12.0. The molecule has 0 fully saturated rings. The average molecular weight is 381 g/mol. The van der Waals surface area contributed by atoms with Crippen molar-refractivity contribution < 1.29 is 9.35 Å². The van der Waals surface area contributed by atoms with E-state index in [-0.39, 0.29) is 30.6 Å². The lowest BCUT2D eigenvalue weighted by molar-refractivity contribution is -0.118. The molecular weight excluding hydrogens is 364 g/mol. The van der Waals surface area contributed by atoms with Crippen LogP contribution in [0.25, 0.3) is 5.69 Å². The molecule has 0 aromatic carbocycles. The zero-order chi connectivity index (χ0) is 18.4. The predicted molar refractivity (Wildman–Crippen MR) is 95.6 cm³/mol. The number of pyridine rings is 1. The van der Waals surface area contributed by atoms with Crippen molar-refractivity contribution in [2.45, 2.75) is 6.42 Å². The number of halogens is 1. The molecule has 25 heavy (non-hydrogen) atoms. The minimum Gasteiger partial charge on any atom is -0.598 e. The highest BCUT2D eigenvalue weighted by Gasteiger charge is 2.21. The minimum absolute atomic E-state index is 0.000197. The fraction of sp³-hybridized carbons (Fsp3) is 0.333. The molecule has 1 amide bonds. The van der Waals surface area contributed by atoms with Crippen molar-refractivity contribution in [3.8, 4) is 11.8 Å². The lowest BCUT2D eigenvalue weighted by Gasteiger charge is -2.20.